The zero-order valence-electron chi connectivity index (χ0n) is 34.8. The molecule has 0 aliphatic heterocycles. The van der Waals surface area contributed by atoms with E-state index in [0.29, 0.717) is 23.5 Å². The summed E-state index contributed by atoms with van der Waals surface area (Å²) in [6.45, 7) is 26.4. The first-order valence-electron chi connectivity index (χ1n) is 18.8. The first-order valence-corrected chi connectivity index (χ1v) is 21.7. The molecule has 0 spiro atoms. The molecule has 9 heteroatoms. The molecule has 0 radical (unpaired) electrons. The molecule has 54 heavy (non-hydrogen) atoms. The van der Waals surface area contributed by atoms with Crippen LogP contribution in [0.4, 0.5) is 0 Å². The van der Waals surface area contributed by atoms with Crippen molar-refractivity contribution in [2.24, 2.45) is 16.2 Å². The van der Waals surface area contributed by atoms with Crippen LogP contribution in [0.1, 0.15) is 85.4 Å². The highest BCUT2D eigenvalue weighted by molar-refractivity contribution is 6.74. The molecule has 0 unspecified atom stereocenters. The number of hydrogen-bond donors (Lipinski definition) is 0. The summed E-state index contributed by atoms with van der Waals surface area (Å²) in [6, 6.07) is 25.6. The van der Waals surface area contributed by atoms with Crippen molar-refractivity contribution < 1.29 is 37.7 Å². The third kappa shape index (κ3) is 8.96. The molecule has 1 saturated carbocycles. The van der Waals surface area contributed by atoms with Gasteiger partial charge in [0.25, 0.3) is 0 Å². The molecule has 0 bridgehead atoms. The molecule has 0 N–H and O–H groups in total. The van der Waals surface area contributed by atoms with Gasteiger partial charge in [-0.15, -0.1) is 0 Å². The van der Waals surface area contributed by atoms with Gasteiger partial charge >= 0.3 is 11.9 Å². The average Bonchev–Trinajstić information content (AvgIpc) is 3.35. The van der Waals surface area contributed by atoms with Crippen LogP contribution in [-0.4, -0.2) is 59.9 Å². The fourth-order valence-corrected chi connectivity index (χ4v) is 7.65. The fraction of sp³-hybridized carbons (Fsp3) is 0.511. The molecule has 0 aromatic heterocycles. The van der Waals surface area contributed by atoms with Crippen molar-refractivity contribution in [3.8, 4) is 11.5 Å². The van der Waals surface area contributed by atoms with Crippen molar-refractivity contribution in [2.75, 3.05) is 27.4 Å². The molecule has 0 amide bonds. The Morgan fingerprint density at radius 3 is 1.59 bits per heavy atom. The van der Waals surface area contributed by atoms with Gasteiger partial charge in [0.05, 0.1) is 43.2 Å². The Morgan fingerprint density at radius 1 is 0.704 bits per heavy atom. The van der Waals surface area contributed by atoms with Crippen molar-refractivity contribution in [1.82, 2.24) is 0 Å². The predicted molar refractivity (Wildman–Crippen MR) is 216 cm³/mol. The lowest BCUT2D eigenvalue weighted by molar-refractivity contribution is -0.175. The molecular weight excluding hydrogens is 697 g/mol. The van der Waals surface area contributed by atoms with Gasteiger partial charge in [-0.1, -0.05) is 81.9 Å². The van der Waals surface area contributed by atoms with E-state index >= 15 is 0 Å². The molecule has 3 atom stereocenters. The summed E-state index contributed by atoms with van der Waals surface area (Å²) in [5.41, 5.74) is -0.753. The second kappa shape index (κ2) is 16.0. The minimum atomic E-state index is -2.36. The molecule has 0 heterocycles. The van der Waals surface area contributed by atoms with Gasteiger partial charge in [-0.05, 0) is 106 Å². The van der Waals surface area contributed by atoms with Crippen molar-refractivity contribution in [1.29, 1.82) is 0 Å². The zero-order chi connectivity index (χ0) is 40.3. The van der Waals surface area contributed by atoms with E-state index < -0.39 is 42.4 Å². The molecular formula is C45H62O8Si. The summed E-state index contributed by atoms with van der Waals surface area (Å²) in [7, 11) is 0.904. The lowest BCUT2D eigenvalue weighted by atomic mass is 9.78. The van der Waals surface area contributed by atoms with Gasteiger partial charge in [0.2, 0.25) is 0 Å². The quantitative estimate of drug-likeness (QED) is 0.0737. The van der Waals surface area contributed by atoms with E-state index in [1.165, 1.54) is 0 Å². The largest absolute Gasteiger partial charge is 0.497 e. The highest BCUT2D eigenvalue weighted by atomic mass is 28.4. The van der Waals surface area contributed by atoms with E-state index in [2.05, 4.69) is 40.4 Å². The smallest absolute Gasteiger partial charge is 0.311 e. The SMILES string of the molecule is C=C1[C@H](O[Si](C)(C)C(C)(C)C)C[C@H](OC(=O)C(C)(C)C)[C@@]1(COC(=O)C(C)(C)C)COC(c1ccccc1)(c1ccc(OC)cc1)c1ccc(OC)cc1. The second-order valence-electron chi connectivity index (χ2n) is 18.0. The Balaban J connectivity index is 1.99. The number of rotatable bonds is 13. The van der Waals surface area contributed by atoms with Crippen LogP contribution < -0.4 is 9.47 Å². The van der Waals surface area contributed by atoms with E-state index in [4.69, 9.17) is 28.1 Å². The number of methoxy groups -OCH3 is 2. The summed E-state index contributed by atoms with van der Waals surface area (Å²) < 4.78 is 38.3. The number of hydrogen-bond acceptors (Lipinski definition) is 8. The molecule has 0 saturated heterocycles. The third-order valence-electron chi connectivity index (χ3n) is 11.0. The van der Waals surface area contributed by atoms with Crippen molar-refractivity contribution in [2.45, 2.75) is 105 Å². The maximum Gasteiger partial charge on any atom is 0.311 e. The van der Waals surface area contributed by atoms with Gasteiger partial charge < -0.3 is 28.1 Å². The fourth-order valence-electron chi connectivity index (χ4n) is 6.34. The molecule has 294 valence electrons. The summed E-state index contributed by atoms with van der Waals surface area (Å²) in [5, 5.41) is -0.101. The first kappa shape index (κ1) is 42.8. The number of carbonyl (C=O) groups is 2. The monoisotopic (exact) mass is 758 g/mol. The van der Waals surface area contributed by atoms with Crippen LogP contribution in [0.2, 0.25) is 18.1 Å². The molecule has 1 fully saturated rings. The standard InChI is InChI=1S/C45H62O8Si/c1-31-37(53-54(13,14)43(8,9)10)28-38(52-40(47)42(5,6)7)44(31,29-50-39(46)41(2,3)4)30-51-45(32-18-16-15-17-19-32,33-20-24-35(48-11)25-21-33)34-22-26-36(49-12)27-23-34/h15-27,37-38H,1,28-30H2,2-14H3/t37-,38+,44+/m1/s1. The number of carbonyl (C=O) groups excluding carboxylic acids is 2. The van der Waals surface area contributed by atoms with Crippen molar-refractivity contribution in [3.05, 3.63) is 108 Å². The van der Waals surface area contributed by atoms with Gasteiger partial charge in [0.1, 0.15) is 29.8 Å². The van der Waals surface area contributed by atoms with Crippen LogP contribution in [0.3, 0.4) is 0 Å². The predicted octanol–water partition coefficient (Wildman–Crippen LogP) is 9.90. The summed E-state index contributed by atoms with van der Waals surface area (Å²) in [6.07, 6.45) is -0.916. The van der Waals surface area contributed by atoms with Gasteiger partial charge in [-0.2, -0.15) is 0 Å². The van der Waals surface area contributed by atoms with E-state index in [-0.39, 0.29) is 30.2 Å². The lowest BCUT2D eigenvalue weighted by Gasteiger charge is -2.43. The summed E-state index contributed by atoms with van der Waals surface area (Å²) in [5.74, 6) is 0.637. The minimum absolute atomic E-state index is 0.0321. The van der Waals surface area contributed by atoms with Crippen LogP contribution in [0.15, 0.2) is 91.0 Å². The Labute approximate surface area is 324 Å². The van der Waals surface area contributed by atoms with Crippen LogP contribution in [-0.2, 0) is 33.8 Å². The van der Waals surface area contributed by atoms with Crippen LogP contribution in [0.25, 0.3) is 0 Å². The van der Waals surface area contributed by atoms with Crippen LogP contribution >= 0.6 is 0 Å². The van der Waals surface area contributed by atoms with Crippen molar-refractivity contribution in [3.63, 3.8) is 0 Å². The Morgan fingerprint density at radius 2 is 1.17 bits per heavy atom. The van der Waals surface area contributed by atoms with Gasteiger partial charge in [0, 0.05) is 6.42 Å². The third-order valence-corrected chi connectivity index (χ3v) is 15.5. The van der Waals surface area contributed by atoms with Crippen LogP contribution in [0, 0.1) is 16.2 Å². The maximum atomic E-state index is 13.8. The number of esters is 2. The van der Waals surface area contributed by atoms with Crippen LogP contribution in [0.5, 0.6) is 11.5 Å². The topological polar surface area (TPSA) is 89.5 Å². The second-order valence-corrected chi connectivity index (χ2v) is 22.8. The van der Waals surface area contributed by atoms with E-state index in [1.807, 2.05) is 120 Å². The molecule has 1 aliphatic carbocycles. The molecule has 1 aliphatic rings. The first-order chi connectivity index (χ1) is 25.0. The maximum absolute atomic E-state index is 13.8. The summed E-state index contributed by atoms with van der Waals surface area (Å²) in [4.78, 5) is 27.3. The summed E-state index contributed by atoms with van der Waals surface area (Å²) >= 11 is 0. The lowest BCUT2D eigenvalue weighted by Crippen LogP contribution is -2.48. The highest BCUT2D eigenvalue weighted by Gasteiger charge is 2.58. The molecule has 4 rings (SSSR count). The Bertz CT molecular complexity index is 1700. The Kier molecular flexibility index (Phi) is 12.7. The van der Waals surface area contributed by atoms with E-state index in [0.717, 1.165) is 16.7 Å². The van der Waals surface area contributed by atoms with Crippen molar-refractivity contribution >= 4 is 20.3 Å². The number of benzene rings is 3. The number of ether oxygens (including phenoxy) is 5. The van der Waals surface area contributed by atoms with Gasteiger partial charge in [-0.25, -0.2) is 0 Å². The minimum Gasteiger partial charge on any atom is -0.497 e. The highest BCUT2D eigenvalue weighted by Crippen LogP contribution is 2.52. The zero-order valence-corrected chi connectivity index (χ0v) is 35.8. The molecule has 3 aromatic rings. The van der Waals surface area contributed by atoms with Gasteiger partial charge in [0.15, 0.2) is 8.32 Å². The average molecular weight is 759 g/mol. The molecule has 3 aromatic carbocycles. The Hall–Kier alpha value is -3.92. The normalized spacial score (nSPS) is 19.7. The molecule has 8 nitrogen and oxygen atoms in total. The van der Waals surface area contributed by atoms with Gasteiger partial charge in [-0.3, -0.25) is 9.59 Å². The van der Waals surface area contributed by atoms with E-state index in [1.54, 1.807) is 14.2 Å². The van der Waals surface area contributed by atoms with E-state index in [9.17, 15) is 9.59 Å².